The first-order valence-electron chi connectivity index (χ1n) is 12.3. The molecule has 0 spiro atoms. The van der Waals surface area contributed by atoms with Gasteiger partial charge in [0.25, 0.3) is 0 Å². The summed E-state index contributed by atoms with van der Waals surface area (Å²) in [5.74, 6) is -0.823. The van der Waals surface area contributed by atoms with E-state index in [1.165, 1.54) is 12.1 Å². The van der Waals surface area contributed by atoms with Gasteiger partial charge in [-0.25, -0.2) is 22.9 Å². The number of amides is 2. The SMILES string of the molecule is O=C(O)C[C@H](NS(=O)(=O)c1cccc(-c2cccc(NC(=O)Nc3nc4ccccc4[nH]3)c2)c1)c1ccccc1. The Hall–Kier alpha value is -5.00. The molecular weight excluding hydrogens is 530 g/mol. The minimum Gasteiger partial charge on any atom is -0.481 e. The fraction of sp³-hybridized carbons (Fsp3) is 0.0690. The molecule has 40 heavy (non-hydrogen) atoms. The van der Waals surface area contributed by atoms with Crippen molar-refractivity contribution >= 4 is 44.7 Å². The lowest BCUT2D eigenvalue weighted by Crippen LogP contribution is -2.30. The highest BCUT2D eigenvalue weighted by Crippen LogP contribution is 2.27. The van der Waals surface area contributed by atoms with Crippen molar-refractivity contribution in [2.24, 2.45) is 0 Å². The first kappa shape index (κ1) is 26.6. The third-order valence-electron chi connectivity index (χ3n) is 6.10. The van der Waals surface area contributed by atoms with Crippen LogP contribution in [0.25, 0.3) is 22.2 Å². The molecular formula is C29H25N5O5S. The minimum atomic E-state index is -4.06. The largest absolute Gasteiger partial charge is 0.481 e. The average molecular weight is 556 g/mol. The van der Waals surface area contributed by atoms with Gasteiger partial charge >= 0.3 is 12.0 Å². The Kier molecular flexibility index (Phi) is 7.58. The Morgan fingerprint density at radius 2 is 1.52 bits per heavy atom. The lowest BCUT2D eigenvalue weighted by molar-refractivity contribution is -0.137. The zero-order valence-electron chi connectivity index (χ0n) is 21.0. The zero-order chi connectivity index (χ0) is 28.1. The van der Waals surface area contributed by atoms with Crippen molar-refractivity contribution in [2.75, 3.05) is 10.6 Å². The Morgan fingerprint density at radius 1 is 0.825 bits per heavy atom. The fourth-order valence-electron chi connectivity index (χ4n) is 4.24. The van der Waals surface area contributed by atoms with Crippen LogP contribution in [0, 0.1) is 0 Å². The summed E-state index contributed by atoms with van der Waals surface area (Å²) in [4.78, 5) is 31.3. The second-order valence-electron chi connectivity index (χ2n) is 8.97. The molecule has 5 rings (SSSR count). The molecule has 5 aromatic rings. The molecule has 0 aliphatic rings. The number of urea groups is 1. The number of aromatic nitrogens is 2. The van der Waals surface area contributed by atoms with Gasteiger partial charge in [-0.3, -0.25) is 10.1 Å². The molecule has 0 unspecified atom stereocenters. The highest BCUT2D eigenvalue weighted by Gasteiger charge is 2.24. The number of hydrogen-bond donors (Lipinski definition) is 5. The van der Waals surface area contributed by atoms with Crippen molar-refractivity contribution in [2.45, 2.75) is 17.4 Å². The number of fused-ring (bicyclic) bond motifs is 1. The molecule has 0 aliphatic heterocycles. The number of carboxylic acid groups (broad SMARTS) is 1. The van der Waals surface area contributed by atoms with Crippen LogP contribution < -0.4 is 15.4 Å². The average Bonchev–Trinajstić information content (AvgIpc) is 3.35. The number of sulfonamides is 1. The predicted octanol–water partition coefficient (Wildman–Crippen LogP) is 5.37. The maximum Gasteiger partial charge on any atom is 0.326 e. The zero-order valence-corrected chi connectivity index (χ0v) is 21.9. The maximum absolute atomic E-state index is 13.3. The summed E-state index contributed by atoms with van der Waals surface area (Å²) in [5, 5.41) is 14.8. The molecule has 0 fully saturated rings. The second-order valence-corrected chi connectivity index (χ2v) is 10.7. The van der Waals surface area contributed by atoms with Crippen molar-refractivity contribution in [1.82, 2.24) is 14.7 Å². The van der Waals surface area contributed by atoms with E-state index in [2.05, 4.69) is 25.3 Å². The Morgan fingerprint density at radius 3 is 2.27 bits per heavy atom. The van der Waals surface area contributed by atoms with Crippen LogP contribution >= 0.6 is 0 Å². The van der Waals surface area contributed by atoms with Crippen molar-refractivity contribution < 1.29 is 23.1 Å². The molecule has 0 aliphatic carbocycles. The molecule has 5 N–H and O–H groups in total. The molecule has 2 amide bonds. The van der Waals surface area contributed by atoms with Crippen LogP contribution in [0.4, 0.5) is 16.4 Å². The number of nitrogens with one attached hydrogen (secondary N) is 4. The monoisotopic (exact) mass is 555 g/mol. The Labute approximate surface area is 230 Å². The lowest BCUT2D eigenvalue weighted by Gasteiger charge is -2.18. The van der Waals surface area contributed by atoms with E-state index < -0.39 is 34.5 Å². The number of anilines is 2. The molecule has 1 aromatic heterocycles. The topological polar surface area (TPSA) is 153 Å². The molecule has 0 saturated heterocycles. The van der Waals surface area contributed by atoms with Gasteiger partial charge in [-0.05, 0) is 53.1 Å². The third-order valence-corrected chi connectivity index (χ3v) is 7.57. The highest BCUT2D eigenvalue weighted by atomic mass is 32.2. The number of aromatic amines is 1. The smallest absolute Gasteiger partial charge is 0.326 e. The second kappa shape index (κ2) is 11.4. The Balaban J connectivity index is 1.33. The fourth-order valence-corrected chi connectivity index (χ4v) is 5.51. The number of imidazole rings is 1. The summed E-state index contributed by atoms with van der Waals surface area (Å²) < 4.78 is 29.0. The molecule has 0 saturated carbocycles. The number of carboxylic acids is 1. The van der Waals surface area contributed by atoms with E-state index in [0.717, 1.165) is 11.0 Å². The van der Waals surface area contributed by atoms with E-state index in [4.69, 9.17) is 0 Å². The summed E-state index contributed by atoms with van der Waals surface area (Å²) in [6.07, 6.45) is -0.410. The van der Waals surface area contributed by atoms with Gasteiger partial charge in [0.2, 0.25) is 16.0 Å². The molecule has 202 valence electrons. The van der Waals surface area contributed by atoms with E-state index in [1.54, 1.807) is 66.7 Å². The van der Waals surface area contributed by atoms with Crippen molar-refractivity contribution in [3.63, 3.8) is 0 Å². The van der Waals surface area contributed by atoms with Crippen LogP contribution in [0.2, 0.25) is 0 Å². The van der Waals surface area contributed by atoms with Gasteiger partial charge in [-0.15, -0.1) is 0 Å². The molecule has 11 heteroatoms. The summed E-state index contributed by atoms with van der Waals surface area (Å²) in [6, 6.07) is 27.8. The quantitative estimate of drug-likeness (QED) is 0.165. The number of carbonyl (C=O) groups excluding carboxylic acids is 1. The molecule has 10 nitrogen and oxygen atoms in total. The van der Waals surface area contributed by atoms with Crippen LogP contribution in [-0.2, 0) is 14.8 Å². The van der Waals surface area contributed by atoms with Gasteiger partial charge in [0.05, 0.1) is 28.4 Å². The highest BCUT2D eigenvalue weighted by molar-refractivity contribution is 7.89. The number of carbonyl (C=O) groups is 2. The number of hydrogen-bond acceptors (Lipinski definition) is 5. The summed E-state index contributed by atoms with van der Waals surface area (Å²) in [7, 11) is -4.06. The summed E-state index contributed by atoms with van der Waals surface area (Å²) in [6.45, 7) is 0. The van der Waals surface area contributed by atoms with Gasteiger partial charge in [-0.2, -0.15) is 0 Å². The van der Waals surface area contributed by atoms with Crippen molar-refractivity contribution in [3.8, 4) is 11.1 Å². The van der Waals surface area contributed by atoms with E-state index in [1.807, 2.05) is 24.3 Å². The first-order valence-corrected chi connectivity index (χ1v) is 13.8. The number of rotatable bonds is 9. The summed E-state index contributed by atoms with van der Waals surface area (Å²) in [5.41, 5.74) is 3.82. The minimum absolute atomic E-state index is 0.0164. The number of nitrogens with zero attached hydrogens (tertiary/aromatic N) is 1. The van der Waals surface area contributed by atoms with Gasteiger partial charge in [-0.1, -0.05) is 66.7 Å². The van der Waals surface area contributed by atoms with E-state index in [-0.39, 0.29) is 4.90 Å². The van der Waals surface area contributed by atoms with Crippen LogP contribution in [0.1, 0.15) is 18.0 Å². The van der Waals surface area contributed by atoms with E-state index >= 15 is 0 Å². The van der Waals surface area contributed by atoms with Gasteiger partial charge in [0.15, 0.2) is 0 Å². The van der Waals surface area contributed by atoms with Gasteiger partial charge in [0, 0.05) is 5.69 Å². The van der Waals surface area contributed by atoms with Gasteiger partial charge < -0.3 is 15.4 Å². The predicted molar refractivity (Wildman–Crippen MR) is 152 cm³/mol. The summed E-state index contributed by atoms with van der Waals surface area (Å²) >= 11 is 0. The van der Waals surface area contributed by atoms with E-state index in [9.17, 15) is 23.1 Å². The molecule has 0 radical (unpaired) electrons. The van der Waals surface area contributed by atoms with Crippen LogP contribution in [-0.4, -0.2) is 35.5 Å². The van der Waals surface area contributed by atoms with Gasteiger partial charge in [0.1, 0.15) is 0 Å². The maximum atomic E-state index is 13.3. The molecule has 1 atom stereocenters. The van der Waals surface area contributed by atoms with Crippen molar-refractivity contribution in [1.29, 1.82) is 0 Å². The lowest BCUT2D eigenvalue weighted by atomic mass is 10.1. The molecule has 1 heterocycles. The number of benzene rings is 4. The number of aliphatic carboxylic acids is 1. The Bertz CT molecular complexity index is 1750. The van der Waals surface area contributed by atoms with E-state index in [0.29, 0.717) is 28.3 Å². The van der Waals surface area contributed by atoms with Crippen LogP contribution in [0.5, 0.6) is 0 Å². The molecule has 4 aromatic carbocycles. The third kappa shape index (κ3) is 6.34. The van der Waals surface area contributed by atoms with Crippen LogP contribution in [0.15, 0.2) is 108 Å². The molecule has 0 bridgehead atoms. The normalized spacial score (nSPS) is 12.1. The standard InChI is InChI=1S/C29H25N5O5S/c35-27(36)18-26(19-8-2-1-3-9-19)34-40(38,39)23-13-7-11-21(17-23)20-10-6-12-22(16-20)30-29(37)33-28-31-24-14-4-5-15-25(24)32-28/h1-17,26,34H,18H2,(H,35,36)(H3,30,31,32,33,37)/t26-/m0/s1. The van der Waals surface area contributed by atoms with Crippen LogP contribution in [0.3, 0.4) is 0 Å². The van der Waals surface area contributed by atoms with Crippen molar-refractivity contribution in [3.05, 3.63) is 109 Å². The number of para-hydroxylation sites is 2. The number of H-pyrrole nitrogens is 1. The first-order chi connectivity index (χ1) is 19.3.